The van der Waals surface area contributed by atoms with Gasteiger partial charge in [0.2, 0.25) is 5.91 Å². The number of aromatic nitrogens is 2. The number of benzene rings is 1. The molecular formula is C13H13N3O2. The summed E-state index contributed by atoms with van der Waals surface area (Å²) in [5, 5.41) is 13.8. The topological polar surface area (TPSA) is 58.4 Å². The van der Waals surface area contributed by atoms with Gasteiger partial charge in [0.25, 0.3) is 0 Å². The minimum atomic E-state index is -0.586. The van der Waals surface area contributed by atoms with E-state index >= 15 is 0 Å². The highest BCUT2D eigenvalue weighted by Crippen LogP contribution is 2.23. The second-order valence-corrected chi connectivity index (χ2v) is 4.30. The summed E-state index contributed by atoms with van der Waals surface area (Å²) in [6, 6.07) is 11.4. The molecule has 18 heavy (non-hydrogen) atoms. The normalized spacial score (nSPS) is 19.5. The fraction of sp³-hybridized carbons (Fsp3) is 0.231. The van der Waals surface area contributed by atoms with Crippen LogP contribution >= 0.6 is 0 Å². The zero-order valence-electron chi connectivity index (χ0n) is 9.73. The molecule has 1 aliphatic heterocycles. The number of hydrogen-bond acceptors (Lipinski definition) is 3. The number of carbonyl (C=O) groups is 1. The van der Waals surface area contributed by atoms with E-state index in [1.807, 2.05) is 30.3 Å². The van der Waals surface area contributed by atoms with Gasteiger partial charge < -0.3 is 5.11 Å². The first-order valence-electron chi connectivity index (χ1n) is 5.83. The van der Waals surface area contributed by atoms with Crippen LogP contribution in [0.5, 0.6) is 0 Å². The van der Waals surface area contributed by atoms with Crippen molar-refractivity contribution in [2.75, 3.05) is 11.4 Å². The van der Waals surface area contributed by atoms with Crippen LogP contribution in [0.2, 0.25) is 0 Å². The summed E-state index contributed by atoms with van der Waals surface area (Å²) >= 11 is 0. The van der Waals surface area contributed by atoms with Gasteiger partial charge in [-0.25, -0.2) is 4.68 Å². The highest BCUT2D eigenvalue weighted by Gasteiger charge is 2.31. The van der Waals surface area contributed by atoms with Crippen molar-refractivity contribution >= 4 is 11.7 Å². The van der Waals surface area contributed by atoms with Crippen LogP contribution < -0.4 is 4.90 Å². The summed E-state index contributed by atoms with van der Waals surface area (Å²) in [5.41, 5.74) is 0.895. The molecule has 0 saturated carbocycles. The van der Waals surface area contributed by atoms with Crippen LogP contribution in [0.3, 0.4) is 0 Å². The molecule has 2 aromatic rings. The predicted molar refractivity (Wildman–Crippen MR) is 66.5 cm³/mol. The fourth-order valence-corrected chi connectivity index (χ4v) is 2.18. The van der Waals surface area contributed by atoms with Gasteiger partial charge in [0.15, 0.2) is 0 Å². The number of β-amino-alcohol motifs (C(OH)–C–C–N with tert-alkyl or cyclic N) is 1. The molecule has 2 heterocycles. The van der Waals surface area contributed by atoms with E-state index in [2.05, 4.69) is 5.10 Å². The van der Waals surface area contributed by atoms with Gasteiger partial charge in [0.1, 0.15) is 5.82 Å². The van der Waals surface area contributed by atoms with Gasteiger partial charge in [-0.2, -0.15) is 5.10 Å². The lowest BCUT2D eigenvalue weighted by Gasteiger charge is -2.17. The van der Waals surface area contributed by atoms with Crippen molar-refractivity contribution in [3.63, 3.8) is 0 Å². The largest absolute Gasteiger partial charge is 0.391 e. The lowest BCUT2D eigenvalue weighted by Crippen LogP contribution is -2.27. The number of para-hydroxylation sites is 1. The number of aliphatic hydroxyl groups is 1. The third-order valence-corrected chi connectivity index (χ3v) is 3.00. The van der Waals surface area contributed by atoms with Crippen LogP contribution in [0.4, 0.5) is 5.82 Å². The van der Waals surface area contributed by atoms with Crippen molar-refractivity contribution in [1.29, 1.82) is 0 Å². The van der Waals surface area contributed by atoms with Gasteiger partial charge in [0.05, 0.1) is 31.0 Å². The Morgan fingerprint density at radius 3 is 2.67 bits per heavy atom. The number of amides is 1. The summed E-state index contributed by atoms with van der Waals surface area (Å²) in [5.74, 6) is 0.628. The highest BCUT2D eigenvalue weighted by atomic mass is 16.3. The number of hydrogen-bond donors (Lipinski definition) is 1. The van der Waals surface area contributed by atoms with E-state index in [0.717, 1.165) is 5.69 Å². The van der Waals surface area contributed by atoms with Crippen molar-refractivity contribution in [1.82, 2.24) is 9.78 Å². The van der Waals surface area contributed by atoms with Crippen molar-refractivity contribution in [3.8, 4) is 5.69 Å². The second-order valence-electron chi connectivity index (χ2n) is 4.30. The third kappa shape index (κ3) is 1.78. The van der Waals surface area contributed by atoms with Crippen LogP contribution in [-0.4, -0.2) is 33.4 Å². The predicted octanol–water partition coefficient (Wildman–Crippen LogP) is 0.970. The number of nitrogens with zero attached hydrogens (tertiary/aromatic N) is 3. The van der Waals surface area contributed by atoms with Crippen molar-refractivity contribution in [3.05, 3.63) is 42.6 Å². The number of anilines is 1. The summed E-state index contributed by atoms with van der Waals surface area (Å²) < 4.78 is 1.70. The van der Waals surface area contributed by atoms with E-state index in [0.29, 0.717) is 12.4 Å². The molecule has 1 unspecified atom stereocenters. The molecule has 0 bridgehead atoms. The SMILES string of the molecule is O=C1CC(O)CN1c1ccnn1-c1ccccc1. The zero-order chi connectivity index (χ0) is 12.5. The van der Waals surface area contributed by atoms with Gasteiger partial charge in [-0.3, -0.25) is 9.69 Å². The Morgan fingerprint density at radius 1 is 1.22 bits per heavy atom. The third-order valence-electron chi connectivity index (χ3n) is 3.00. The smallest absolute Gasteiger partial charge is 0.230 e. The molecular weight excluding hydrogens is 230 g/mol. The van der Waals surface area contributed by atoms with Gasteiger partial charge in [-0.1, -0.05) is 18.2 Å². The molecule has 1 amide bonds. The number of aliphatic hydroxyl groups excluding tert-OH is 1. The Bertz CT molecular complexity index is 565. The molecule has 1 saturated heterocycles. The minimum Gasteiger partial charge on any atom is -0.391 e. The molecule has 3 rings (SSSR count). The Kier molecular flexibility index (Phi) is 2.60. The molecule has 1 N–H and O–H groups in total. The number of carbonyl (C=O) groups excluding carboxylic acids is 1. The molecule has 0 aliphatic carbocycles. The Balaban J connectivity index is 2.00. The maximum atomic E-state index is 11.8. The van der Waals surface area contributed by atoms with Gasteiger partial charge >= 0.3 is 0 Å². The van der Waals surface area contributed by atoms with Crippen molar-refractivity contribution in [2.45, 2.75) is 12.5 Å². The van der Waals surface area contributed by atoms with E-state index in [9.17, 15) is 9.90 Å². The standard InChI is InChI=1S/C13H13N3O2/c17-11-8-13(18)15(9-11)12-6-7-14-16(12)10-4-2-1-3-5-10/h1-7,11,17H,8-9H2. The number of rotatable bonds is 2. The molecule has 5 heteroatoms. The van der Waals surface area contributed by atoms with Gasteiger partial charge in [-0.15, -0.1) is 0 Å². The van der Waals surface area contributed by atoms with Crippen molar-refractivity contribution in [2.24, 2.45) is 0 Å². The summed E-state index contributed by atoms with van der Waals surface area (Å²) in [7, 11) is 0. The Hall–Kier alpha value is -2.14. The molecule has 1 aliphatic rings. The molecule has 1 atom stereocenters. The quantitative estimate of drug-likeness (QED) is 0.855. The van der Waals surface area contributed by atoms with Crippen LogP contribution in [0.1, 0.15) is 6.42 Å². The summed E-state index contributed by atoms with van der Waals surface area (Å²) in [6.45, 7) is 0.331. The first-order chi connectivity index (χ1) is 8.75. The maximum absolute atomic E-state index is 11.8. The fourth-order valence-electron chi connectivity index (χ4n) is 2.18. The molecule has 92 valence electrons. The second kappa shape index (κ2) is 4.27. The van der Waals surface area contributed by atoms with Crippen LogP contribution in [0.25, 0.3) is 5.69 Å². The van der Waals surface area contributed by atoms with Gasteiger partial charge in [0, 0.05) is 6.07 Å². The minimum absolute atomic E-state index is 0.0693. The van der Waals surface area contributed by atoms with E-state index < -0.39 is 6.10 Å². The van der Waals surface area contributed by atoms with Crippen LogP contribution in [0, 0.1) is 0 Å². The highest BCUT2D eigenvalue weighted by molar-refractivity contribution is 5.95. The van der Waals surface area contributed by atoms with E-state index in [1.165, 1.54) is 0 Å². The average molecular weight is 243 g/mol. The molecule has 1 aromatic carbocycles. The molecule has 1 fully saturated rings. The van der Waals surface area contributed by atoms with Crippen LogP contribution in [-0.2, 0) is 4.79 Å². The molecule has 0 spiro atoms. The van der Waals surface area contributed by atoms with Crippen LogP contribution in [0.15, 0.2) is 42.6 Å². The zero-order valence-corrected chi connectivity index (χ0v) is 9.73. The monoisotopic (exact) mass is 243 g/mol. The van der Waals surface area contributed by atoms with E-state index in [1.54, 1.807) is 21.8 Å². The average Bonchev–Trinajstić information content (AvgIpc) is 2.96. The Labute approximate surface area is 104 Å². The van der Waals surface area contributed by atoms with E-state index in [4.69, 9.17) is 0 Å². The Morgan fingerprint density at radius 2 is 2.00 bits per heavy atom. The van der Waals surface area contributed by atoms with E-state index in [-0.39, 0.29) is 12.3 Å². The lowest BCUT2D eigenvalue weighted by molar-refractivity contribution is -0.117. The summed E-state index contributed by atoms with van der Waals surface area (Å²) in [6.07, 6.45) is 1.25. The maximum Gasteiger partial charge on any atom is 0.230 e. The van der Waals surface area contributed by atoms with Gasteiger partial charge in [-0.05, 0) is 12.1 Å². The lowest BCUT2D eigenvalue weighted by atomic mass is 10.3. The summed E-state index contributed by atoms with van der Waals surface area (Å²) in [4.78, 5) is 13.4. The van der Waals surface area contributed by atoms with Crippen molar-refractivity contribution < 1.29 is 9.90 Å². The first kappa shape index (κ1) is 11.0. The molecule has 5 nitrogen and oxygen atoms in total. The molecule has 1 aromatic heterocycles. The first-order valence-corrected chi connectivity index (χ1v) is 5.83. The molecule has 0 radical (unpaired) electrons.